The molecule has 2 fully saturated rings. The first-order chi connectivity index (χ1) is 12.2. The Hall–Kier alpha value is -1.04. The second-order valence-corrected chi connectivity index (χ2v) is 8.49. The largest absolute Gasteiger partial charge is 0.326 e. The maximum atomic E-state index is 12.4. The quantitative estimate of drug-likeness (QED) is 0.814. The van der Waals surface area contributed by atoms with Crippen molar-refractivity contribution in [1.82, 2.24) is 10.2 Å². The maximum absolute atomic E-state index is 12.4. The van der Waals surface area contributed by atoms with E-state index in [-0.39, 0.29) is 5.91 Å². The number of nitrogens with zero attached hydrogens (tertiary/aromatic N) is 1. The zero-order valence-electron chi connectivity index (χ0n) is 15.3. The number of benzene rings is 1. The summed E-state index contributed by atoms with van der Waals surface area (Å²) < 4.78 is 0. The van der Waals surface area contributed by atoms with E-state index in [1.54, 1.807) is 0 Å². The molecule has 0 bridgehead atoms. The van der Waals surface area contributed by atoms with Crippen LogP contribution in [0.3, 0.4) is 0 Å². The minimum Gasteiger partial charge on any atom is -0.326 e. The van der Waals surface area contributed by atoms with Gasteiger partial charge in [-0.3, -0.25) is 9.69 Å². The second kappa shape index (κ2) is 9.60. The number of anilines is 1. The van der Waals surface area contributed by atoms with Crippen LogP contribution in [0.1, 0.15) is 44.1 Å². The van der Waals surface area contributed by atoms with Gasteiger partial charge in [0.05, 0.1) is 0 Å². The van der Waals surface area contributed by atoms with Crippen molar-refractivity contribution in [1.29, 1.82) is 0 Å². The lowest BCUT2D eigenvalue weighted by Gasteiger charge is -2.31. The Balaban J connectivity index is 1.57. The number of rotatable bonds is 6. The predicted molar refractivity (Wildman–Crippen MR) is 107 cm³/mol. The molecule has 4 nitrogen and oxygen atoms in total. The van der Waals surface area contributed by atoms with Crippen LogP contribution >= 0.6 is 11.8 Å². The summed E-state index contributed by atoms with van der Waals surface area (Å²) in [6, 6.07) is 9.24. The molecule has 1 aliphatic heterocycles. The molecule has 1 amide bonds. The summed E-state index contributed by atoms with van der Waals surface area (Å²) in [4.78, 5) is 14.9. The van der Waals surface area contributed by atoms with Gasteiger partial charge in [-0.25, -0.2) is 0 Å². The number of nitrogens with one attached hydrogen (secondary N) is 2. The van der Waals surface area contributed by atoms with E-state index in [4.69, 9.17) is 0 Å². The lowest BCUT2D eigenvalue weighted by atomic mass is 9.94. The predicted octanol–water partition coefficient (Wildman–Crippen LogP) is 3.48. The SMILES string of the molecule is CN(Cc1ccccc1NC(=O)CC1CSCCN1)C1CCCCC1. The average molecular weight is 362 g/mol. The molecule has 0 radical (unpaired) electrons. The molecule has 1 atom stereocenters. The van der Waals surface area contributed by atoms with E-state index in [2.05, 4.69) is 34.7 Å². The van der Waals surface area contributed by atoms with E-state index < -0.39 is 0 Å². The number of carbonyl (C=O) groups is 1. The van der Waals surface area contributed by atoms with Crippen LogP contribution in [-0.4, -0.2) is 48.0 Å². The van der Waals surface area contributed by atoms with E-state index in [0.29, 0.717) is 18.5 Å². The molecule has 0 aromatic heterocycles. The van der Waals surface area contributed by atoms with Crippen molar-refractivity contribution in [2.24, 2.45) is 0 Å². The number of para-hydroxylation sites is 1. The highest BCUT2D eigenvalue weighted by atomic mass is 32.2. The average Bonchev–Trinajstić information content (AvgIpc) is 2.65. The normalized spacial score (nSPS) is 22.1. The molecule has 2 N–H and O–H groups in total. The fourth-order valence-electron chi connectivity index (χ4n) is 3.88. The van der Waals surface area contributed by atoms with E-state index in [1.165, 1.54) is 37.7 Å². The van der Waals surface area contributed by atoms with Crippen LogP contribution in [0, 0.1) is 0 Å². The number of hydrogen-bond donors (Lipinski definition) is 2. The zero-order chi connectivity index (χ0) is 17.5. The van der Waals surface area contributed by atoms with Gasteiger partial charge in [0.2, 0.25) is 5.91 Å². The van der Waals surface area contributed by atoms with Crippen molar-refractivity contribution < 1.29 is 4.79 Å². The molecule has 5 heteroatoms. The van der Waals surface area contributed by atoms with E-state index in [9.17, 15) is 4.79 Å². The third-order valence-electron chi connectivity index (χ3n) is 5.34. The number of thioether (sulfide) groups is 1. The van der Waals surface area contributed by atoms with Gasteiger partial charge in [-0.05, 0) is 31.5 Å². The van der Waals surface area contributed by atoms with E-state index >= 15 is 0 Å². The highest BCUT2D eigenvalue weighted by Gasteiger charge is 2.20. The Morgan fingerprint density at radius 2 is 2.08 bits per heavy atom. The lowest BCUT2D eigenvalue weighted by molar-refractivity contribution is -0.116. The summed E-state index contributed by atoms with van der Waals surface area (Å²) in [5.74, 6) is 2.29. The van der Waals surface area contributed by atoms with Crippen LogP contribution in [-0.2, 0) is 11.3 Å². The second-order valence-electron chi connectivity index (χ2n) is 7.34. The Bertz CT molecular complexity index is 554. The molecule has 138 valence electrons. The van der Waals surface area contributed by atoms with Crippen molar-refractivity contribution >= 4 is 23.4 Å². The molecule has 1 saturated carbocycles. The Labute approximate surface area is 156 Å². The zero-order valence-corrected chi connectivity index (χ0v) is 16.1. The standard InChI is InChI=1S/C20H31N3OS/c1-23(18-8-3-2-4-9-18)14-16-7-5-6-10-19(16)22-20(24)13-17-15-25-12-11-21-17/h5-7,10,17-18,21H,2-4,8-9,11-15H2,1H3,(H,22,24). The maximum Gasteiger partial charge on any atom is 0.225 e. The Kier molecular flexibility index (Phi) is 7.20. The van der Waals surface area contributed by atoms with Gasteiger partial charge in [0, 0.05) is 48.8 Å². The summed E-state index contributed by atoms with van der Waals surface area (Å²) in [5, 5.41) is 6.59. The van der Waals surface area contributed by atoms with Gasteiger partial charge in [-0.1, -0.05) is 37.5 Å². The molecule has 3 rings (SSSR count). The first kappa shape index (κ1) is 18.7. The van der Waals surface area contributed by atoms with Crippen molar-refractivity contribution in [2.75, 3.05) is 30.4 Å². The summed E-state index contributed by atoms with van der Waals surface area (Å²) in [7, 11) is 2.22. The van der Waals surface area contributed by atoms with Crippen LogP contribution in [0.4, 0.5) is 5.69 Å². The minimum absolute atomic E-state index is 0.118. The van der Waals surface area contributed by atoms with Gasteiger partial charge in [-0.15, -0.1) is 0 Å². The lowest BCUT2D eigenvalue weighted by Crippen LogP contribution is -2.40. The molecule has 1 saturated heterocycles. The van der Waals surface area contributed by atoms with Crippen molar-refractivity contribution in [3.05, 3.63) is 29.8 Å². The molecular weight excluding hydrogens is 330 g/mol. The van der Waals surface area contributed by atoms with Crippen molar-refractivity contribution in [3.63, 3.8) is 0 Å². The van der Waals surface area contributed by atoms with Crippen LogP contribution < -0.4 is 10.6 Å². The van der Waals surface area contributed by atoms with Crippen molar-refractivity contribution in [2.45, 2.75) is 57.2 Å². The molecule has 1 aromatic rings. The molecule has 1 heterocycles. The number of amides is 1. The molecule has 1 unspecified atom stereocenters. The first-order valence-electron chi connectivity index (χ1n) is 9.61. The summed E-state index contributed by atoms with van der Waals surface area (Å²) in [6.07, 6.45) is 7.23. The molecule has 1 aromatic carbocycles. The van der Waals surface area contributed by atoms with Crippen LogP contribution in [0.2, 0.25) is 0 Å². The van der Waals surface area contributed by atoms with E-state index in [0.717, 1.165) is 30.3 Å². The Morgan fingerprint density at radius 1 is 1.28 bits per heavy atom. The molecule has 1 aliphatic carbocycles. The van der Waals surface area contributed by atoms with Gasteiger partial charge in [-0.2, -0.15) is 11.8 Å². The van der Waals surface area contributed by atoms with Crippen LogP contribution in [0.15, 0.2) is 24.3 Å². The van der Waals surface area contributed by atoms with Gasteiger partial charge < -0.3 is 10.6 Å². The molecule has 25 heavy (non-hydrogen) atoms. The summed E-state index contributed by atoms with van der Waals surface area (Å²) in [5.41, 5.74) is 2.19. The molecule has 2 aliphatic rings. The van der Waals surface area contributed by atoms with Gasteiger partial charge in [0.25, 0.3) is 0 Å². The molecule has 0 spiro atoms. The van der Waals surface area contributed by atoms with Crippen molar-refractivity contribution in [3.8, 4) is 0 Å². The summed E-state index contributed by atoms with van der Waals surface area (Å²) >= 11 is 1.93. The third-order valence-corrected chi connectivity index (χ3v) is 6.47. The minimum atomic E-state index is 0.118. The van der Waals surface area contributed by atoms with Gasteiger partial charge in [0.1, 0.15) is 0 Å². The first-order valence-corrected chi connectivity index (χ1v) is 10.8. The fourth-order valence-corrected chi connectivity index (χ4v) is 4.82. The van der Waals surface area contributed by atoms with Gasteiger partial charge in [0.15, 0.2) is 0 Å². The third kappa shape index (κ3) is 5.73. The number of carbonyl (C=O) groups excluding carboxylic acids is 1. The van der Waals surface area contributed by atoms with Crippen LogP contribution in [0.5, 0.6) is 0 Å². The fraction of sp³-hybridized carbons (Fsp3) is 0.650. The summed E-state index contributed by atoms with van der Waals surface area (Å²) in [6.45, 7) is 1.91. The molecular formula is C20H31N3OS. The van der Waals surface area contributed by atoms with Crippen LogP contribution in [0.25, 0.3) is 0 Å². The Morgan fingerprint density at radius 3 is 2.84 bits per heavy atom. The number of hydrogen-bond acceptors (Lipinski definition) is 4. The van der Waals surface area contributed by atoms with Gasteiger partial charge >= 0.3 is 0 Å². The highest BCUT2D eigenvalue weighted by molar-refractivity contribution is 7.99. The topological polar surface area (TPSA) is 44.4 Å². The monoisotopic (exact) mass is 361 g/mol. The smallest absolute Gasteiger partial charge is 0.225 e. The highest BCUT2D eigenvalue weighted by Crippen LogP contribution is 2.25. The van der Waals surface area contributed by atoms with E-state index in [1.807, 2.05) is 23.9 Å².